The molecule has 5 heteroatoms. The van der Waals surface area contributed by atoms with Gasteiger partial charge in [0.05, 0.1) is 0 Å². The smallest absolute Gasteiger partial charge is 0.321 e. The van der Waals surface area contributed by atoms with Gasteiger partial charge < -0.3 is 10.8 Å². The van der Waals surface area contributed by atoms with Gasteiger partial charge in [0.15, 0.2) is 0 Å². The average molecular weight is 196 g/mol. The molecule has 0 aliphatic rings. The van der Waals surface area contributed by atoms with Crippen molar-refractivity contribution in [2.75, 3.05) is 11.5 Å². The number of rotatable bonds is 5. The third kappa shape index (κ3) is 6.22. The predicted octanol–water partition coefficient (Wildman–Crippen LogP) is 0.884. The zero-order chi connectivity index (χ0) is 8.69. The van der Waals surface area contributed by atoms with Gasteiger partial charge in [0, 0.05) is 17.0 Å². The number of aliphatic carboxylic acids is 1. The molecule has 3 N–H and O–H groups in total. The van der Waals surface area contributed by atoms with Crippen LogP contribution in [0.2, 0.25) is 0 Å². The number of halogens is 1. The molecule has 3 nitrogen and oxygen atoms in total. The van der Waals surface area contributed by atoms with Crippen molar-refractivity contribution >= 4 is 29.3 Å². The Balaban J connectivity index is 3.31. The maximum atomic E-state index is 10.2. The van der Waals surface area contributed by atoms with E-state index < -0.39 is 12.0 Å². The van der Waals surface area contributed by atoms with E-state index in [-0.39, 0.29) is 0 Å². The van der Waals surface area contributed by atoms with E-state index in [0.717, 1.165) is 0 Å². The molecule has 0 rings (SSSR count). The lowest BCUT2D eigenvalue weighted by molar-refractivity contribution is -0.137. The first-order chi connectivity index (χ1) is 5.18. The molecule has 1 atom stereocenters. The number of nitrogens with two attached hydrogens (primary N) is 1. The van der Waals surface area contributed by atoms with Crippen LogP contribution >= 0.6 is 23.4 Å². The second-order valence-corrected chi connectivity index (χ2v) is 3.17. The minimum atomic E-state index is -0.965. The SMILES string of the molecule is N[C@@H](CSC/C=C\Cl)C(=O)O. The van der Waals surface area contributed by atoms with Gasteiger partial charge >= 0.3 is 5.97 Å². The molecule has 0 aromatic rings. The molecule has 0 spiro atoms. The molecule has 0 saturated heterocycles. The van der Waals surface area contributed by atoms with Crippen molar-refractivity contribution in [3.05, 3.63) is 11.6 Å². The number of carboxylic acids is 1. The highest BCUT2D eigenvalue weighted by Gasteiger charge is 2.09. The fraction of sp³-hybridized carbons (Fsp3) is 0.500. The largest absolute Gasteiger partial charge is 0.480 e. The summed E-state index contributed by atoms with van der Waals surface area (Å²) in [7, 11) is 0. The highest BCUT2D eigenvalue weighted by atomic mass is 35.5. The Labute approximate surface area is 74.6 Å². The van der Waals surface area contributed by atoms with Gasteiger partial charge in [-0.05, 0) is 0 Å². The average Bonchev–Trinajstić information content (AvgIpc) is 1.97. The first-order valence-electron chi connectivity index (χ1n) is 3.00. The fourth-order valence-corrected chi connectivity index (χ4v) is 1.33. The highest BCUT2D eigenvalue weighted by molar-refractivity contribution is 7.99. The third-order valence-electron chi connectivity index (χ3n) is 0.918. The lowest BCUT2D eigenvalue weighted by Gasteiger charge is -2.02. The first kappa shape index (κ1) is 10.8. The van der Waals surface area contributed by atoms with Gasteiger partial charge in [-0.2, -0.15) is 11.8 Å². The van der Waals surface area contributed by atoms with Gasteiger partial charge in [-0.15, -0.1) is 0 Å². The van der Waals surface area contributed by atoms with E-state index >= 15 is 0 Å². The molecular weight excluding hydrogens is 186 g/mol. The van der Waals surface area contributed by atoms with Crippen molar-refractivity contribution in [1.29, 1.82) is 0 Å². The Bertz CT molecular complexity index is 152. The minimum Gasteiger partial charge on any atom is -0.480 e. The summed E-state index contributed by atoms with van der Waals surface area (Å²) in [4.78, 5) is 10.2. The van der Waals surface area contributed by atoms with Crippen molar-refractivity contribution < 1.29 is 9.90 Å². The van der Waals surface area contributed by atoms with Crippen LogP contribution in [-0.2, 0) is 4.79 Å². The third-order valence-corrected chi connectivity index (χ3v) is 2.12. The summed E-state index contributed by atoms with van der Waals surface area (Å²) < 4.78 is 0. The van der Waals surface area contributed by atoms with Crippen molar-refractivity contribution in [2.24, 2.45) is 5.73 Å². The normalized spacial score (nSPS) is 13.6. The quantitative estimate of drug-likeness (QED) is 0.640. The van der Waals surface area contributed by atoms with E-state index in [9.17, 15) is 4.79 Å². The van der Waals surface area contributed by atoms with E-state index in [0.29, 0.717) is 11.5 Å². The number of carboxylic acid groups (broad SMARTS) is 1. The van der Waals surface area contributed by atoms with Crippen LogP contribution in [-0.4, -0.2) is 28.6 Å². The lowest BCUT2D eigenvalue weighted by Crippen LogP contribution is -2.32. The van der Waals surface area contributed by atoms with Gasteiger partial charge in [0.25, 0.3) is 0 Å². The summed E-state index contributed by atoms with van der Waals surface area (Å²) in [6, 6.07) is -0.774. The highest BCUT2D eigenvalue weighted by Crippen LogP contribution is 2.02. The van der Waals surface area contributed by atoms with Crippen molar-refractivity contribution in [2.45, 2.75) is 6.04 Å². The molecule has 0 amide bonds. The second-order valence-electron chi connectivity index (χ2n) is 1.84. The fourth-order valence-electron chi connectivity index (χ4n) is 0.371. The molecule has 0 aromatic carbocycles. The number of thioether (sulfide) groups is 1. The molecule has 0 aromatic heterocycles. The van der Waals surface area contributed by atoms with Crippen LogP contribution in [0, 0.1) is 0 Å². The molecule has 0 radical (unpaired) electrons. The lowest BCUT2D eigenvalue weighted by atomic mass is 10.4. The summed E-state index contributed by atoms with van der Waals surface area (Å²) in [5.41, 5.74) is 6.62. The van der Waals surface area contributed by atoms with E-state index in [2.05, 4.69) is 0 Å². The van der Waals surface area contributed by atoms with Crippen LogP contribution in [0.1, 0.15) is 0 Å². The van der Waals surface area contributed by atoms with Gasteiger partial charge in [-0.1, -0.05) is 17.7 Å². The van der Waals surface area contributed by atoms with Gasteiger partial charge in [0.1, 0.15) is 6.04 Å². The molecule has 0 aliphatic heterocycles. The van der Waals surface area contributed by atoms with Crippen LogP contribution in [0.25, 0.3) is 0 Å². The molecule has 0 bridgehead atoms. The molecule has 0 heterocycles. The summed E-state index contributed by atoms with van der Waals surface area (Å²) in [5.74, 6) is 0.147. The topological polar surface area (TPSA) is 63.3 Å². The summed E-state index contributed by atoms with van der Waals surface area (Å²) in [6.45, 7) is 0. The van der Waals surface area contributed by atoms with E-state index in [1.807, 2.05) is 0 Å². The number of carbonyl (C=O) groups is 1. The zero-order valence-corrected chi connectivity index (χ0v) is 7.44. The zero-order valence-electron chi connectivity index (χ0n) is 5.87. The van der Waals surface area contributed by atoms with Gasteiger partial charge in [0.2, 0.25) is 0 Å². The Morgan fingerprint density at radius 2 is 2.45 bits per heavy atom. The maximum Gasteiger partial charge on any atom is 0.321 e. The molecule has 11 heavy (non-hydrogen) atoms. The van der Waals surface area contributed by atoms with Crippen molar-refractivity contribution in [3.8, 4) is 0 Å². The Morgan fingerprint density at radius 3 is 2.91 bits per heavy atom. The van der Waals surface area contributed by atoms with Crippen LogP contribution < -0.4 is 5.73 Å². The van der Waals surface area contributed by atoms with Crippen LogP contribution in [0.3, 0.4) is 0 Å². The Hall–Kier alpha value is -0.190. The van der Waals surface area contributed by atoms with Crippen LogP contribution in [0.15, 0.2) is 11.6 Å². The summed E-state index contributed by atoms with van der Waals surface area (Å²) >= 11 is 6.68. The molecule has 0 fully saturated rings. The first-order valence-corrected chi connectivity index (χ1v) is 4.59. The summed E-state index contributed by atoms with van der Waals surface area (Å²) in [6.07, 6.45) is 1.74. The molecule has 64 valence electrons. The van der Waals surface area contributed by atoms with Crippen LogP contribution in [0.5, 0.6) is 0 Å². The number of hydrogen-bond donors (Lipinski definition) is 2. The molecule has 0 unspecified atom stereocenters. The maximum absolute atomic E-state index is 10.2. The van der Waals surface area contributed by atoms with E-state index in [1.165, 1.54) is 17.3 Å². The standard InChI is InChI=1S/C6H10ClNO2S/c7-2-1-3-11-4-5(8)6(9)10/h1-2,5H,3-4,8H2,(H,9,10)/b2-1-/t5-/m0/s1. The van der Waals surface area contributed by atoms with Crippen molar-refractivity contribution in [3.63, 3.8) is 0 Å². The molecular formula is C6H10ClNO2S. The van der Waals surface area contributed by atoms with Gasteiger partial charge in [-0.3, -0.25) is 4.79 Å². The second kappa shape index (κ2) is 6.52. The monoisotopic (exact) mass is 195 g/mol. The molecule has 0 saturated carbocycles. The minimum absolute atomic E-state index is 0.413. The van der Waals surface area contributed by atoms with E-state index in [4.69, 9.17) is 22.4 Å². The summed E-state index contributed by atoms with van der Waals surface area (Å²) in [5, 5.41) is 8.36. The number of hydrogen-bond acceptors (Lipinski definition) is 3. The Kier molecular flexibility index (Phi) is 6.40. The van der Waals surface area contributed by atoms with Crippen molar-refractivity contribution in [1.82, 2.24) is 0 Å². The predicted molar refractivity (Wildman–Crippen MR) is 47.9 cm³/mol. The van der Waals surface area contributed by atoms with Crippen LogP contribution in [0.4, 0.5) is 0 Å². The van der Waals surface area contributed by atoms with E-state index in [1.54, 1.807) is 6.08 Å². The molecule has 0 aliphatic carbocycles. The van der Waals surface area contributed by atoms with Gasteiger partial charge in [-0.25, -0.2) is 0 Å². The Morgan fingerprint density at radius 1 is 1.82 bits per heavy atom.